The molecule has 0 amide bonds. The molecule has 0 rings (SSSR count). The highest BCUT2D eigenvalue weighted by Crippen LogP contribution is 2.43. The van der Waals surface area contributed by atoms with Crippen molar-refractivity contribution in [3.8, 4) is 0 Å². The molecule has 0 fully saturated rings. The van der Waals surface area contributed by atoms with E-state index in [1.165, 1.54) is 250 Å². The number of ether oxygens (including phenoxy) is 2. The van der Waals surface area contributed by atoms with Crippen molar-refractivity contribution in [2.75, 3.05) is 26.4 Å². The molecule has 10 heteroatoms. The molecule has 484 valence electrons. The summed E-state index contributed by atoms with van der Waals surface area (Å²) in [6.45, 7) is 3.69. The van der Waals surface area contributed by atoms with Crippen LogP contribution in [-0.4, -0.2) is 49.3 Å². The number of rotatable bonds is 67. The minimum Gasteiger partial charge on any atom is -0.462 e. The summed E-state index contributed by atoms with van der Waals surface area (Å²) in [5.74, 6) is -0.810. The zero-order chi connectivity index (χ0) is 60.1. The third-order valence-corrected chi connectivity index (χ3v) is 16.6. The minimum atomic E-state index is -4.39. The van der Waals surface area contributed by atoms with Crippen LogP contribution in [0.15, 0.2) is 72.9 Å². The van der Waals surface area contributed by atoms with Crippen LogP contribution in [-0.2, 0) is 32.7 Å². The van der Waals surface area contributed by atoms with Gasteiger partial charge in [-0.3, -0.25) is 18.6 Å². The van der Waals surface area contributed by atoms with E-state index in [0.717, 1.165) is 64.2 Å². The van der Waals surface area contributed by atoms with E-state index in [2.05, 4.69) is 86.8 Å². The van der Waals surface area contributed by atoms with E-state index in [1.54, 1.807) is 0 Å². The molecule has 0 bridgehead atoms. The quantitative estimate of drug-likeness (QED) is 0.0264. The van der Waals surface area contributed by atoms with Crippen molar-refractivity contribution in [3.05, 3.63) is 72.9 Å². The van der Waals surface area contributed by atoms with Crippen molar-refractivity contribution in [3.63, 3.8) is 0 Å². The first kappa shape index (κ1) is 80.5. The van der Waals surface area contributed by atoms with E-state index < -0.39 is 26.5 Å². The third-order valence-electron chi connectivity index (χ3n) is 15.6. The van der Waals surface area contributed by atoms with Gasteiger partial charge in [0.15, 0.2) is 6.10 Å². The van der Waals surface area contributed by atoms with Crippen LogP contribution < -0.4 is 5.73 Å². The van der Waals surface area contributed by atoms with Gasteiger partial charge in [-0.2, -0.15) is 0 Å². The zero-order valence-electron chi connectivity index (χ0n) is 54.4. The molecule has 0 spiro atoms. The Kier molecular flexibility index (Phi) is 66.5. The summed E-state index contributed by atoms with van der Waals surface area (Å²) in [5.41, 5.74) is 5.40. The summed E-state index contributed by atoms with van der Waals surface area (Å²) >= 11 is 0. The molecule has 0 saturated heterocycles. The molecule has 0 aliphatic heterocycles. The number of carbonyl (C=O) groups excluding carboxylic acids is 2. The Bertz CT molecular complexity index is 1590. The molecule has 0 aromatic carbocycles. The third kappa shape index (κ3) is 68.4. The number of hydrogen-bond acceptors (Lipinski definition) is 8. The summed E-state index contributed by atoms with van der Waals surface area (Å²) in [6.07, 6.45) is 90.0. The molecule has 3 N–H and O–H groups in total. The van der Waals surface area contributed by atoms with Gasteiger partial charge in [0.2, 0.25) is 0 Å². The molecule has 0 aliphatic rings. The molecule has 0 radical (unpaired) electrons. The fraction of sp³-hybridized carbons (Fsp3) is 0.808. The van der Waals surface area contributed by atoms with E-state index >= 15 is 0 Å². The number of hydrogen-bond donors (Lipinski definition) is 2. The van der Waals surface area contributed by atoms with Gasteiger partial charge < -0.3 is 20.1 Å². The Balaban J connectivity index is 3.83. The lowest BCUT2D eigenvalue weighted by Crippen LogP contribution is -2.29. The Morgan fingerprint density at radius 2 is 0.663 bits per heavy atom. The molecular weight excluding hydrogens is 1050 g/mol. The summed E-state index contributed by atoms with van der Waals surface area (Å²) in [6, 6.07) is 0. The summed E-state index contributed by atoms with van der Waals surface area (Å²) in [4.78, 5) is 35.4. The van der Waals surface area contributed by atoms with Crippen LogP contribution in [0.4, 0.5) is 0 Å². The van der Waals surface area contributed by atoms with Gasteiger partial charge in [0.25, 0.3) is 0 Å². The first-order valence-electron chi connectivity index (χ1n) is 35.4. The number of allylic oxidation sites excluding steroid dienone is 12. The van der Waals surface area contributed by atoms with Crippen LogP contribution in [0, 0.1) is 0 Å². The highest BCUT2D eigenvalue weighted by molar-refractivity contribution is 7.47. The lowest BCUT2D eigenvalue weighted by atomic mass is 10.0. The molecule has 0 saturated carbocycles. The second-order valence-electron chi connectivity index (χ2n) is 23.7. The summed E-state index contributed by atoms with van der Waals surface area (Å²) in [5, 5.41) is 0. The second kappa shape index (κ2) is 68.6. The number of phosphoric ester groups is 1. The largest absolute Gasteiger partial charge is 0.472 e. The van der Waals surface area contributed by atoms with Crippen LogP contribution in [0.5, 0.6) is 0 Å². The number of unbranched alkanes of at least 4 members (excludes halogenated alkanes) is 42. The van der Waals surface area contributed by atoms with E-state index in [1.807, 2.05) is 0 Å². The minimum absolute atomic E-state index is 0.0540. The van der Waals surface area contributed by atoms with Gasteiger partial charge in [0, 0.05) is 19.4 Å². The fourth-order valence-electron chi connectivity index (χ4n) is 10.4. The molecule has 9 nitrogen and oxygen atoms in total. The Hall–Kier alpha value is -2.55. The summed E-state index contributed by atoms with van der Waals surface area (Å²) < 4.78 is 33.2. The SMILES string of the molecule is CC/C=C\C/C=C\C/C=C\C/C=C\C/C=C\CCCCCCCCCCCCCCCCCCCCCC(=O)OC(COC(=O)CCCCCCCCCCCCCCCCC/C=C\CCCCCCCCCC)COP(=O)(O)OCCN. The van der Waals surface area contributed by atoms with Crippen molar-refractivity contribution in [2.45, 2.75) is 354 Å². The van der Waals surface area contributed by atoms with Gasteiger partial charge in [0.1, 0.15) is 6.61 Å². The van der Waals surface area contributed by atoms with Gasteiger partial charge in [-0.1, -0.05) is 324 Å². The molecule has 2 unspecified atom stereocenters. The van der Waals surface area contributed by atoms with Crippen molar-refractivity contribution < 1.29 is 37.6 Å². The van der Waals surface area contributed by atoms with Crippen molar-refractivity contribution in [1.82, 2.24) is 0 Å². The van der Waals surface area contributed by atoms with E-state index in [-0.39, 0.29) is 38.6 Å². The average molecular weight is 1180 g/mol. The van der Waals surface area contributed by atoms with E-state index in [0.29, 0.717) is 6.42 Å². The molecule has 0 heterocycles. The van der Waals surface area contributed by atoms with Crippen LogP contribution >= 0.6 is 7.82 Å². The predicted molar refractivity (Wildman–Crippen MR) is 358 cm³/mol. The van der Waals surface area contributed by atoms with Gasteiger partial charge in [-0.05, 0) is 83.5 Å². The zero-order valence-corrected chi connectivity index (χ0v) is 55.3. The summed E-state index contributed by atoms with van der Waals surface area (Å²) in [7, 11) is -4.39. The first-order valence-corrected chi connectivity index (χ1v) is 36.9. The average Bonchev–Trinajstić information content (AvgIpc) is 3.48. The Labute approximate surface area is 513 Å². The Morgan fingerprint density at radius 3 is 1.00 bits per heavy atom. The van der Waals surface area contributed by atoms with Crippen molar-refractivity contribution in [1.29, 1.82) is 0 Å². The maximum Gasteiger partial charge on any atom is 0.472 e. The maximum atomic E-state index is 12.8. The lowest BCUT2D eigenvalue weighted by molar-refractivity contribution is -0.161. The van der Waals surface area contributed by atoms with Gasteiger partial charge in [0.05, 0.1) is 13.2 Å². The van der Waals surface area contributed by atoms with Crippen LogP contribution in [0.1, 0.15) is 348 Å². The van der Waals surface area contributed by atoms with E-state index in [9.17, 15) is 19.0 Å². The normalized spacial score (nSPS) is 13.3. The smallest absolute Gasteiger partial charge is 0.462 e. The van der Waals surface area contributed by atoms with Crippen LogP contribution in [0.25, 0.3) is 0 Å². The van der Waals surface area contributed by atoms with E-state index in [4.69, 9.17) is 24.3 Å². The molecule has 83 heavy (non-hydrogen) atoms. The Morgan fingerprint density at radius 1 is 0.373 bits per heavy atom. The molecular formula is C73H134NO8P. The number of phosphoric acid groups is 1. The highest BCUT2D eigenvalue weighted by Gasteiger charge is 2.26. The monoisotopic (exact) mass is 1180 g/mol. The van der Waals surface area contributed by atoms with Gasteiger partial charge in [-0.25, -0.2) is 4.57 Å². The molecule has 0 aromatic heterocycles. The van der Waals surface area contributed by atoms with Crippen molar-refractivity contribution in [2.24, 2.45) is 5.73 Å². The highest BCUT2D eigenvalue weighted by atomic mass is 31.2. The topological polar surface area (TPSA) is 134 Å². The number of carbonyl (C=O) groups is 2. The fourth-order valence-corrected chi connectivity index (χ4v) is 11.1. The van der Waals surface area contributed by atoms with Crippen LogP contribution in [0.2, 0.25) is 0 Å². The second-order valence-corrected chi connectivity index (χ2v) is 25.2. The maximum absolute atomic E-state index is 12.8. The predicted octanol–water partition coefficient (Wildman–Crippen LogP) is 23.2. The standard InChI is InChI=1S/C73H134NO8P/c1-3-5-7-9-11-13-15-17-19-21-23-25-27-29-31-32-33-34-35-36-37-38-40-42-44-46-48-50-52-54-56-58-60-62-64-66-73(76)82-71(70-81-83(77,78)80-68-67-74)69-79-72(75)65-63-61-59-57-55-53-51-49-47-45-43-41-39-30-28-26-24-22-20-18-16-14-12-10-8-6-4-2/h5,7,11,13,17,19,22-25,29,31,71H,3-4,6,8-10,12,14-16,18,20-21,26-28,30,32-70,74H2,1-2H3,(H,77,78)/b7-5-,13-11-,19-17-,24-22-,25-23-,31-29-. The van der Waals surface area contributed by atoms with Crippen LogP contribution in [0.3, 0.4) is 0 Å². The first-order chi connectivity index (χ1) is 40.8. The molecule has 2 atom stereocenters. The van der Waals surface area contributed by atoms with Gasteiger partial charge >= 0.3 is 19.8 Å². The lowest BCUT2D eigenvalue weighted by Gasteiger charge is -2.19. The number of esters is 2. The number of nitrogens with two attached hydrogens (primary N) is 1. The molecule has 0 aliphatic carbocycles. The molecule has 0 aromatic rings. The van der Waals surface area contributed by atoms with Gasteiger partial charge in [-0.15, -0.1) is 0 Å². The van der Waals surface area contributed by atoms with Crippen molar-refractivity contribution >= 4 is 19.8 Å².